The number of hydrogen-bond donors (Lipinski definition) is 0. The van der Waals surface area contributed by atoms with Crippen LogP contribution in [0.15, 0.2) is 18.2 Å². The van der Waals surface area contributed by atoms with E-state index in [4.69, 9.17) is 9.47 Å². The van der Waals surface area contributed by atoms with Gasteiger partial charge in [-0.05, 0) is 49.8 Å². The van der Waals surface area contributed by atoms with Crippen molar-refractivity contribution in [2.24, 2.45) is 0 Å². The van der Waals surface area contributed by atoms with Gasteiger partial charge in [0.2, 0.25) is 5.91 Å². The quantitative estimate of drug-likeness (QED) is 0.566. The highest BCUT2D eigenvalue weighted by atomic mass is 16.5. The van der Waals surface area contributed by atoms with Crippen LogP contribution in [-0.2, 0) is 9.59 Å². The Hall–Kier alpha value is -2.24. The average molecular weight is 443 g/mol. The molecule has 6 nitrogen and oxygen atoms in total. The fourth-order valence-electron chi connectivity index (χ4n) is 5.69. The zero-order valence-corrected chi connectivity index (χ0v) is 19.7. The third kappa shape index (κ3) is 4.74. The van der Waals surface area contributed by atoms with E-state index in [9.17, 15) is 9.59 Å². The van der Waals surface area contributed by atoms with Crippen LogP contribution in [0.2, 0.25) is 0 Å². The molecule has 1 aromatic carbocycles. The Morgan fingerprint density at radius 1 is 0.906 bits per heavy atom. The van der Waals surface area contributed by atoms with Crippen LogP contribution in [0, 0.1) is 0 Å². The van der Waals surface area contributed by atoms with Crippen LogP contribution in [-0.4, -0.2) is 54.0 Å². The minimum absolute atomic E-state index is 0.0766. The number of rotatable bonds is 7. The van der Waals surface area contributed by atoms with E-state index in [1.54, 1.807) is 7.11 Å². The van der Waals surface area contributed by atoms with Crippen molar-refractivity contribution in [1.82, 2.24) is 9.80 Å². The van der Waals surface area contributed by atoms with Gasteiger partial charge in [-0.15, -0.1) is 0 Å². The number of nitrogens with zero attached hydrogens (tertiary/aromatic N) is 2. The zero-order valence-electron chi connectivity index (χ0n) is 19.7. The number of carbonyl (C=O) groups excluding carboxylic acids is 2. The van der Waals surface area contributed by atoms with Gasteiger partial charge in [0, 0.05) is 12.1 Å². The first kappa shape index (κ1) is 22.9. The van der Waals surface area contributed by atoms with Crippen LogP contribution < -0.4 is 9.47 Å². The number of amides is 2. The van der Waals surface area contributed by atoms with E-state index in [1.165, 1.54) is 12.8 Å². The molecule has 1 aromatic rings. The van der Waals surface area contributed by atoms with Crippen molar-refractivity contribution in [3.63, 3.8) is 0 Å². The van der Waals surface area contributed by atoms with E-state index < -0.39 is 6.04 Å². The number of piperazine rings is 1. The van der Waals surface area contributed by atoms with Gasteiger partial charge in [-0.1, -0.05) is 51.5 Å². The molecule has 3 fully saturated rings. The van der Waals surface area contributed by atoms with Crippen LogP contribution >= 0.6 is 0 Å². The molecule has 0 N–H and O–H groups in total. The van der Waals surface area contributed by atoms with Crippen molar-refractivity contribution >= 4 is 11.8 Å². The Kier molecular flexibility index (Phi) is 7.59. The summed E-state index contributed by atoms with van der Waals surface area (Å²) < 4.78 is 11.4. The predicted octanol–water partition coefficient (Wildman–Crippen LogP) is 4.86. The topological polar surface area (TPSA) is 59.1 Å². The van der Waals surface area contributed by atoms with E-state index in [2.05, 4.69) is 6.92 Å². The van der Waals surface area contributed by atoms with Gasteiger partial charge >= 0.3 is 0 Å². The molecule has 1 atom stereocenters. The molecule has 0 bridgehead atoms. The highest BCUT2D eigenvalue weighted by Crippen LogP contribution is 2.39. The van der Waals surface area contributed by atoms with Crippen molar-refractivity contribution in [2.75, 3.05) is 20.3 Å². The van der Waals surface area contributed by atoms with E-state index >= 15 is 0 Å². The van der Waals surface area contributed by atoms with Gasteiger partial charge in [-0.3, -0.25) is 9.59 Å². The van der Waals surface area contributed by atoms with Crippen LogP contribution in [0.25, 0.3) is 0 Å². The van der Waals surface area contributed by atoms with E-state index in [0.29, 0.717) is 18.1 Å². The average Bonchev–Trinajstić information content (AvgIpc) is 3.20. The maximum atomic E-state index is 14.0. The first-order valence-corrected chi connectivity index (χ1v) is 12.6. The molecule has 2 saturated carbocycles. The van der Waals surface area contributed by atoms with Gasteiger partial charge < -0.3 is 19.3 Å². The summed E-state index contributed by atoms with van der Waals surface area (Å²) in [7, 11) is 1.62. The summed E-state index contributed by atoms with van der Waals surface area (Å²) in [6.45, 7) is 2.90. The predicted molar refractivity (Wildman–Crippen MR) is 124 cm³/mol. The summed E-state index contributed by atoms with van der Waals surface area (Å²) in [4.78, 5) is 31.3. The molecule has 1 heterocycles. The first-order valence-electron chi connectivity index (χ1n) is 12.6. The third-order valence-electron chi connectivity index (χ3n) is 7.34. The molecule has 6 heteroatoms. The van der Waals surface area contributed by atoms with Crippen molar-refractivity contribution in [1.29, 1.82) is 0 Å². The Morgan fingerprint density at radius 2 is 1.56 bits per heavy atom. The molecular weight excluding hydrogens is 404 g/mol. The summed E-state index contributed by atoms with van der Waals surface area (Å²) in [5.74, 6) is 1.47. The van der Waals surface area contributed by atoms with Crippen LogP contribution in [0.1, 0.15) is 89.2 Å². The summed E-state index contributed by atoms with van der Waals surface area (Å²) in [6.07, 6.45) is 11.8. The van der Waals surface area contributed by atoms with Crippen molar-refractivity contribution in [3.8, 4) is 11.5 Å². The monoisotopic (exact) mass is 442 g/mol. The van der Waals surface area contributed by atoms with E-state index in [1.807, 2.05) is 28.0 Å². The smallest absolute Gasteiger partial charge is 0.250 e. The molecule has 0 unspecified atom stereocenters. The standard InChI is InChI=1S/C26H38N2O4/c1-3-16-32-22-15-14-19(17-23(22)31-2)25-26(30)27(20-10-6-4-5-7-11-20)18-24(29)28(25)21-12-8-9-13-21/h14-15,17,20-21,25H,3-13,16,18H2,1-2H3/t25-/m0/s1. The first-order chi connectivity index (χ1) is 15.6. The second-order valence-corrected chi connectivity index (χ2v) is 9.51. The third-order valence-corrected chi connectivity index (χ3v) is 7.34. The lowest BCUT2D eigenvalue weighted by Crippen LogP contribution is -2.60. The Balaban J connectivity index is 1.68. The van der Waals surface area contributed by atoms with Gasteiger partial charge in [-0.25, -0.2) is 0 Å². The van der Waals surface area contributed by atoms with Crippen molar-refractivity contribution < 1.29 is 19.1 Å². The number of carbonyl (C=O) groups is 2. The number of hydrogen-bond acceptors (Lipinski definition) is 4. The molecule has 3 aliphatic rings. The maximum absolute atomic E-state index is 14.0. The Morgan fingerprint density at radius 3 is 2.22 bits per heavy atom. The van der Waals surface area contributed by atoms with E-state index in [-0.39, 0.29) is 30.4 Å². The Bertz CT molecular complexity index is 797. The highest BCUT2D eigenvalue weighted by molar-refractivity contribution is 5.96. The molecule has 4 rings (SSSR count). The van der Waals surface area contributed by atoms with E-state index in [0.717, 1.165) is 63.4 Å². The second kappa shape index (κ2) is 10.6. The molecular formula is C26H38N2O4. The van der Waals surface area contributed by atoms with Gasteiger partial charge in [0.15, 0.2) is 11.5 Å². The van der Waals surface area contributed by atoms with Gasteiger partial charge in [0.25, 0.3) is 5.91 Å². The SMILES string of the molecule is CCCOc1ccc([C@H]2C(=O)N(C3CCCCCC3)CC(=O)N2C2CCCC2)cc1OC. The summed E-state index contributed by atoms with van der Waals surface area (Å²) in [5.41, 5.74) is 0.828. The lowest BCUT2D eigenvalue weighted by molar-refractivity contribution is -0.161. The number of ether oxygens (including phenoxy) is 2. The van der Waals surface area contributed by atoms with Gasteiger partial charge in [-0.2, -0.15) is 0 Å². The lowest BCUT2D eigenvalue weighted by atomic mass is 9.95. The largest absolute Gasteiger partial charge is 0.493 e. The summed E-state index contributed by atoms with van der Waals surface area (Å²) >= 11 is 0. The highest BCUT2D eigenvalue weighted by Gasteiger charge is 2.46. The van der Waals surface area contributed by atoms with Crippen LogP contribution in [0.5, 0.6) is 11.5 Å². The summed E-state index contributed by atoms with van der Waals surface area (Å²) in [6, 6.07) is 5.49. The molecule has 0 radical (unpaired) electrons. The van der Waals surface area contributed by atoms with Crippen LogP contribution in [0.4, 0.5) is 0 Å². The fraction of sp³-hybridized carbons (Fsp3) is 0.692. The Labute approximate surface area is 192 Å². The van der Waals surface area contributed by atoms with Crippen molar-refractivity contribution in [3.05, 3.63) is 23.8 Å². The second-order valence-electron chi connectivity index (χ2n) is 9.51. The molecule has 32 heavy (non-hydrogen) atoms. The van der Waals surface area contributed by atoms with Crippen LogP contribution in [0.3, 0.4) is 0 Å². The molecule has 1 aliphatic heterocycles. The molecule has 1 saturated heterocycles. The minimum atomic E-state index is -0.572. The van der Waals surface area contributed by atoms with Gasteiger partial charge in [0.05, 0.1) is 13.7 Å². The normalized spacial score (nSPS) is 23.5. The number of methoxy groups -OCH3 is 1. The molecule has 2 amide bonds. The number of benzene rings is 1. The minimum Gasteiger partial charge on any atom is -0.493 e. The van der Waals surface area contributed by atoms with Gasteiger partial charge in [0.1, 0.15) is 12.6 Å². The molecule has 0 spiro atoms. The fourth-order valence-corrected chi connectivity index (χ4v) is 5.69. The van der Waals surface area contributed by atoms with Crippen molar-refractivity contribution in [2.45, 2.75) is 95.7 Å². The molecule has 2 aliphatic carbocycles. The maximum Gasteiger partial charge on any atom is 0.250 e. The zero-order chi connectivity index (χ0) is 22.5. The molecule has 0 aromatic heterocycles. The molecule has 176 valence electrons. The lowest BCUT2D eigenvalue weighted by Gasteiger charge is -2.46. The summed E-state index contributed by atoms with van der Waals surface area (Å²) in [5, 5.41) is 0.